The molecular formula is C10H19NO. The summed E-state index contributed by atoms with van der Waals surface area (Å²) in [4.78, 5) is 0. The topological polar surface area (TPSA) is 21.3 Å². The molecule has 0 fully saturated rings. The van der Waals surface area contributed by atoms with E-state index < -0.39 is 0 Å². The first-order valence-electron chi connectivity index (χ1n) is 4.50. The Balaban J connectivity index is 3.26. The second-order valence-electron chi connectivity index (χ2n) is 2.81. The van der Waals surface area contributed by atoms with Gasteiger partial charge in [0.1, 0.15) is 0 Å². The normalized spacial score (nSPS) is 12.4. The van der Waals surface area contributed by atoms with Crippen molar-refractivity contribution in [2.24, 2.45) is 0 Å². The summed E-state index contributed by atoms with van der Waals surface area (Å²) in [5, 5.41) is 3.38. The molecule has 0 aromatic heterocycles. The van der Waals surface area contributed by atoms with Crippen molar-refractivity contribution in [1.29, 1.82) is 0 Å². The van der Waals surface area contributed by atoms with Crippen LogP contribution in [0.3, 0.4) is 0 Å². The van der Waals surface area contributed by atoms with E-state index in [9.17, 15) is 0 Å². The van der Waals surface area contributed by atoms with Crippen LogP contribution in [0.4, 0.5) is 0 Å². The van der Waals surface area contributed by atoms with Crippen molar-refractivity contribution >= 4 is 0 Å². The van der Waals surface area contributed by atoms with E-state index in [1.165, 1.54) is 0 Å². The molecule has 1 atom stereocenters. The van der Waals surface area contributed by atoms with E-state index in [0.717, 1.165) is 32.4 Å². The van der Waals surface area contributed by atoms with Crippen molar-refractivity contribution in [3.63, 3.8) is 0 Å². The van der Waals surface area contributed by atoms with Gasteiger partial charge in [0.25, 0.3) is 0 Å². The van der Waals surface area contributed by atoms with Crippen molar-refractivity contribution < 1.29 is 4.74 Å². The van der Waals surface area contributed by atoms with Crippen LogP contribution in [0.1, 0.15) is 26.2 Å². The minimum atomic E-state index is 0.479. The summed E-state index contributed by atoms with van der Waals surface area (Å²) in [5.41, 5.74) is 0. The summed E-state index contributed by atoms with van der Waals surface area (Å²) >= 11 is 0. The van der Waals surface area contributed by atoms with Gasteiger partial charge in [-0.3, -0.25) is 0 Å². The van der Waals surface area contributed by atoms with Crippen molar-refractivity contribution in [1.82, 2.24) is 5.32 Å². The van der Waals surface area contributed by atoms with E-state index in [4.69, 9.17) is 11.2 Å². The van der Waals surface area contributed by atoms with Crippen LogP contribution >= 0.6 is 0 Å². The summed E-state index contributed by atoms with van der Waals surface area (Å²) in [7, 11) is 1.72. The third kappa shape index (κ3) is 6.21. The predicted molar refractivity (Wildman–Crippen MR) is 52.0 cm³/mol. The molecule has 0 aromatic rings. The first-order chi connectivity index (χ1) is 5.85. The average molecular weight is 169 g/mol. The molecule has 1 unspecified atom stereocenters. The number of ether oxygens (including phenoxy) is 1. The lowest BCUT2D eigenvalue weighted by molar-refractivity contribution is 0.193. The van der Waals surface area contributed by atoms with Gasteiger partial charge in [-0.25, -0.2) is 0 Å². The first-order valence-corrected chi connectivity index (χ1v) is 4.50. The standard InChI is InChI=1S/C10H19NO/c1-4-7-10(5-2)11-8-6-9-12-3/h1,10-11H,5-9H2,2-3H3. The first kappa shape index (κ1) is 11.5. The summed E-state index contributed by atoms with van der Waals surface area (Å²) in [6.45, 7) is 3.96. The number of hydrogen-bond acceptors (Lipinski definition) is 2. The van der Waals surface area contributed by atoms with Crippen molar-refractivity contribution in [3.05, 3.63) is 0 Å². The third-order valence-corrected chi connectivity index (χ3v) is 1.82. The van der Waals surface area contributed by atoms with Gasteiger partial charge in [-0.05, 0) is 19.4 Å². The van der Waals surface area contributed by atoms with Crippen LogP contribution < -0.4 is 5.32 Å². The van der Waals surface area contributed by atoms with E-state index in [1.807, 2.05) is 0 Å². The summed E-state index contributed by atoms with van der Waals surface area (Å²) in [6.07, 6.45) is 8.19. The van der Waals surface area contributed by atoms with Gasteiger partial charge in [0.2, 0.25) is 0 Å². The fourth-order valence-corrected chi connectivity index (χ4v) is 1.03. The lowest BCUT2D eigenvalue weighted by atomic mass is 10.1. The molecule has 12 heavy (non-hydrogen) atoms. The average Bonchev–Trinajstić information content (AvgIpc) is 2.10. The minimum absolute atomic E-state index is 0.479. The van der Waals surface area contributed by atoms with E-state index in [-0.39, 0.29) is 0 Å². The largest absolute Gasteiger partial charge is 0.385 e. The molecule has 0 aliphatic carbocycles. The molecule has 2 nitrogen and oxygen atoms in total. The quantitative estimate of drug-likeness (QED) is 0.459. The van der Waals surface area contributed by atoms with Gasteiger partial charge in [0.15, 0.2) is 0 Å². The fourth-order valence-electron chi connectivity index (χ4n) is 1.03. The van der Waals surface area contributed by atoms with Crippen molar-refractivity contribution in [2.75, 3.05) is 20.3 Å². The van der Waals surface area contributed by atoms with Gasteiger partial charge in [-0.15, -0.1) is 12.3 Å². The Morgan fingerprint density at radius 3 is 2.83 bits per heavy atom. The highest BCUT2D eigenvalue weighted by atomic mass is 16.5. The molecule has 0 amide bonds. The predicted octanol–water partition coefficient (Wildman–Crippen LogP) is 1.41. The maximum atomic E-state index is 5.22. The van der Waals surface area contributed by atoms with E-state index >= 15 is 0 Å². The lowest BCUT2D eigenvalue weighted by Crippen LogP contribution is -2.29. The molecule has 1 N–H and O–H groups in total. The number of hydrogen-bond donors (Lipinski definition) is 1. The van der Waals surface area contributed by atoms with Crippen molar-refractivity contribution in [2.45, 2.75) is 32.2 Å². The summed E-state index contributed by atoms with van der Waals surface area (Å²) in [5.74, 6) is 2.67. The van der Waals surface area contributed by atoms with E-state index in [0.29, 0.717) is 6.04 Å². The van der Waals surface area contributed by atoms with Gasteiger partial charge in [-0.2, -0.15) is 0 Å². The zero-order valence-corrected chi connectivity index (χ0v) is 8.10. The smallest absolute Gasteiger partial charge is 0.0474 e. The van der Waals surface area contributed by atoms with Crippen LogP contribution in [0, 0.1) is 12.3 Å². The van der Waals surface area contributed by atoms with Crippen LogP contribution in [-0.2, 0) is 4.74 Å². The minimum Gasteiger partial charge on any atom is -0.385 e. The number of methoxy groups -OCH3 is 1. The fraction of sp³-hybridized carbons (Fsp3) is 0.800. The van der Waals surface area contributed by atoms with E-state index in [2.05, 4.69) is 18.2 Å². The Kier molecular flexibility index (Phi) is 8.20. The maximum Gasteiger partial charge on any atom is 0.0474 e. The molecule has 0 heterocycles. The molecule has 0 radical (unpaired) electrons. The Morgan fingerprint density at radius 1 is 1.58 bits per heavy atom. The third-order valence-electron chi connectivity index (χ3n) is 1.82. The van der Waals surface area contributed by atoms with Gasteiger partial charge in [-0.1, -0.05) is 6.92 Å². The SMILES string of the molecule is C#CCC(CC)NCCCOC. The molecule has 0 saturated heterocycles. The van der Waals surface area contributed by atoms with Crippen LogP contribution in [-0.4, -0.2) is 26.3 Å². The van der Waals surface area contributed by atoms with Gasteiger partial charge >= 0.3 is 0 Å². The van der Waals surface area contributed by atoms with Crippen molar-refractivity contribution in [3.8, 4) is 12.3 Å². The molecule has 0 aliphatic heterocycles. The van der Waals surface area contributed by atoms with Crippen LogP contribution in [0.5, 0.6) is 0 Å². The second-order valence-corrected chi connectivity index (χ2v) is 2.81. The molecule has 2 heteroatoms. The highest BCUT2D eigenvalue weighted by Crippen LogP contribution is 1.95. The molecule has 70 valence electrons. The number of nitrogens with one attached hydrogen (secondary N) is 1. The Morgan fingerprint density at radius 2 is 2.33 bits per heavy atom. The number of rotatable bonds is 7. The highest BCUT2D eigenvalue weighted by Gasteiger charge is 2.01. The summed E-state index contributed by atoms with van der Waals surface area (Å²) < 4.78 is 4.94. The Hall–Kier alpha value is -0.520. The van der Waals surface area contributed by atoms with Gasteiger partial charge in [0, 0.05) is 26.2 Å². The molecule has 0 bridgehead atoms. The molecule has 0 aliphatic rings. The summed E-state index contributed by atoms with van der Waals surface area (Å²) in [6, 6.07) is 0.479. The maximum absolute atomic E-state index is 5.22. The zero-order chi connectivity index (χ0) is 9.23. The van der Waals surface area contributed by atoms with Crippen LogP contribution in [0.2, 0.25) is 0 Å². The van der Waals surface area contributed by atoms with Crippen LogP contribution in [0.25, 0.3) is 0 Å². The van der Waals surface area contributed by atoms with Gasteiger partial charge in [0.05, 0.1) is 0 Å². The zero-order valence-electron chi connectivity index (χ0n) is 8.10. The molecule has 0 saturated carbocycles. The molecule has 0 rings (SSSR count). The Labute approximate surface area is 75.7 Å². The monoisotopic (exact) mass is 169 g/mol. The van der Waals surface area contributed by atoms with E-state index in [1.54, 1.807) is 7.11 Å². The Bertz CT molecular complexity index is 128. The molecule has 0 aromatic carbocycles. The van der Waals surface area contributed by atoms with Crippen LogP contribution in [0.15, 0.2) is 0 Å². The molecular weight excluding hydrogens is 150 g/mol. The second kappa shape index (κ2) is 8.58. The number of terminal acetylenes is 1. The lowest BCUT2D eigenvalue weighted by Gasteiger charge is -2.13. The highest BCUT2D eigenvalue weighted by molar-refractivity contribution is 4.89. The molecule has 0 spiro atoms. The van der Waals surface area contributed by atoms with Gasteiger partial charge < -0.3 is 10.1 Å².